The summed E-state index contributed by atoms with van der Waals surface area (Å²) in [5.74, 6) is -1.02. The Kier molecular flexibility index (Phi) is 23.2. The number of allylic oxidation sites excluding steroid dienone is 4. The molecule has 0 radical (unpaired) electrons. The van der Waals surface area contributed by atoms with Crippen molar-refractivity contribution in [3.8, 4) is 11.1 Å². The van der Waals surface area contributed by atoms with Crippen LogP contribution in [0.5, 0.6) is 0 Å². The molecule has 9 rings (SSSR count). The number of carbonyl (C=O) groups excluding carboxylic acids is 3. The SMILES string of the molecule is CC(C)n1c(/C=C/[C@@H](O)C[C@@H](O)CC(=O)O)c(-c2ccc(F)cc2)c2ccccc21.CC[C@H](C)C(=O)O[C@H]1CCC=C2C=C[C@H](C)[C@H](CC[C@@H]3C[C@@H](O)CC(=O)O3)[C@H]21.Cc1cc(C2CC(C)(C)CC(C)(C)C2/C=C/[C@@H]2C[C@@H](O)CC(=O)O2)ccc1F. The molecule has 1 saturated carbocycles. The number of carbonyl (C=O) groups is 4. The van der Waals surface area contributed by atoms with Crippen LogP contribution >= 0.6 is 0 Å². The van der Waals surface area contributed by atoms with E-state index < -0.39 is 36.8 Å². The summed E-state index contributed by atoms with van der Waals surface area (Å²) in [5, 5.41) is 49.6. The van der Waals surface area contributed by atoms with Crippen LogP contribution in [0.3, 0.4) is 0 Å². The molecule has 3 heterocycles. The number of rotatable bonds is 17. The molecule has 2 aliphatic heterocycles. The number of nitrogens with zero attached hydrogens (tertiary/aromatic N) is 1. The normalized spacial score (nSPS) is 27.2. The number of aliphatic hydroxyl groups excluding tert-OH is 4. The van der Waals surface area contributed by atoms with Crippen LogP contribution in [0, 0.1) is 59.0 Å². The molecule has 3 aromatic carbocycles. The fraction of sp³-hybridized carbons (Fsp3) is 0.549. The quantitative estimate of drug-likeness (QED) is 0.0381. The maximum atomic E-state index is 13.8. The Morgan fingerprint density at radius 2 is 1.58 bits per heavy atom. The maximum Gasteiger partial charge on any atom is 0.309 e. The fourth-order valence-electron chi connectivity index (χ4n) is 14.0. The highest BCUT2D eigenvalue weighted by Gasteiger charge is 2.46. The van der Waals surface area contributed by atoms with Crippen molar-refractivity contribution in [3.63, 3.8) is 0 Å². The van der Waals surface area contributed by atoms with Crippen LogP contribution in [-0.4, -0.2) is 96.7 Å². The lowest BCUT2D eigenvalue weighted by atomic mass is 9.54. The third-order valence-electron chi connectivity index (χ3n) is 18.1. The molecule has 13 atom stereocenters. The van der Waals surface area contributed by atoms with Crippen molar-refractivity contribution < 1.29 is 67.7 Å². The van der Waals surface area contributed by atoms with Crippen LogP contribution in [-0.2, 0) is 33.4 Å². The third-order valence-corrected chi connectivity index (χ3v) is 18.1. The number of carboxylic acids is 1. The fourth-order valence-corrected chi connectivity index (χ4v) is 14.0. The van der Waals surface area contributed by atoms with Gasteiger partial charge in [0, 0.05) is 53.4 Å². The molecule has 86 heavy (non-hydrogen) atoms. The molecule has 0 bridgehead atoms. The Morgan fingerprint density at radius 1 is 0.895 bits per heavy atom. The molecule has 13 nitrogen and oxygen atoms in total. The standard InChI is InChI=1S/C24H26FNO4.C24H33FO3.C23H34O5/c1-15(2)26-21-6-4-3-5-20(21)24(16-7-9-17(25)10-8-16)22(26)12-11-18(27)13-19(28)14-23(29)30;1-15-10-16(6-9-21(15)25)19-13-23(2,3)14-24(4,5)20(19)8-7-18-11-17(26)12-22(27)28-18;1-4-14(2)23(26)28-20-7-5-6-16-9-8-15(3)19(22(16)20)11-10-18-12-17(24)13-21(25)27-18/h3-12,15,18-19,27-28H,13-14H2,1-2H3,(H,29,30);6-10,17-20,26H,11-14H2,1-5H3;6,8-9,14-15,17-20,22,24H,4-5,7,10-13H2,1-3H3/b12-11+;8-7+;/t18-,19-;17-,18-,19?,20?;14-,15-,17+,18+,19-,20-,22-/m110/s1. The summed E-state index contributed by atoms with van der Waals surface area (Å²) < 4.78 is 46.3. The van der Waals surface area contributed by atoms with Crippen molar-refractivity contribution >= 4 is 40.9 Å². The number of esters is 3. The number of carboxylic acid groups (broad SMARTS) is 1. The van der Waals surface area contributed by atoms with Gasteiger partial charge < -0.3 is 44.3 Å². The number of halogens is 2. The van der Waals surface area contributed by atoms with E-state index in [1.165, 1.54) is 17.7 Å². The predicted octanol–water partition coefficient (Wildman–Crippen LogP) is 13.9. The van der Waals surface area contributed by atoms with Gasteiger partial charge in [-0.2, -0.15) is 0 Å². The molecule has 0 amide bonds. The second-order valence-electron chi connectivity index (χ2n) is 26.6. The smallest absolute Gasteiger partial charge is 0.309 e. The second kappa shape index (κ2) is 29.6. The summed E-state index contributed by atoms with van der Waals surface area (Å²) >= 11 is 0. The van der Waals surface area contributed by atoms with Crippen molar-refractivity contribution in [2.24, 2.45) is 40.4 Å². The van der Waals surface area contributed by atoms with Gasteiger partial charge in [-0.3, -0.25) is 19.2 Å². The lowest BCUT2D eigenvalue weighted by Gasteiger charge is -2.50. The summed E-state index contributed by atoms with van der Waals surface area (Å²) in [6.45, 7) is 21.2. The van der Waals surface area contributed by atoms with E-state index in [9.17, 15) is 48.4 Å². The van der Waals surface area contributed by atoms with Gasteiger partial charge in [-0.05, 0) is 159 Å². The summed E-state index contributed by atoms with van der Waals surface area (Å²) in [6.07, 6.45) is 17.1. The minimum absolute atomic E-state index is 0.0441. The molecule has 468 valence electrons. The molecule has 5 aliphatic rings. The summed E-state index contributed by atoms with van der Waals surface area (Å²) in [7, 11) is 0. The van der Waals surface area contributed by atoms with E-state index in [4.69, 9.17) is 19.3 Å². The van der Waals surface area contributed by atoms with Crippen LogP contribution in [0.25, 0.3) is 28.1 Å². The van der Waals surface area contributed by atoms with Crippen LogP contribution in [0.2, 0.25) is 0 Å². The number of aliphatic carboxylic acids is 1. The monoisotopic (exact) mass is 1190 g/mol. The van der Waals surface area contributed by atoms with E-state index in [1.807, 2.05) is 63.2 Å². The molecule has 3 fully saturated rings. The average Bonchev–Trinajstić information content (AvgIpc) is 1.66. The van der Waals surface area contributed by atoms with Gasteiger partial charge in [-0.1, -0.05) is 121 Å². The van der Waals surface area contributed by atoms with Crippen LogP contribution < -0.4 is 0 Å². The lowest BCUT2D eigenvalue weighted by Crippen LogP contribution is -2.40. The zero-order valence-electron chi connectivity index (χ0n) is 52.0. The molecule has 4 aromatic rings. The van der Waals surface area contributed by atoms with Gasteiger partial charge in [0.1, 0.15) is 29.9 Å². The molecular weight excluding hydrogens is 1100 g/mol. The van der Waals surface area contributed by atoms with Crippen molar-refractivity contribution in [3.05, 3.63) is 137 Å². The average molecular weight is 1190 g/mol. The topological polar surface area (TPSA) is 202 Å². The Hall–Kier alpha value is -6.26. The Labute approximate surface area is 507 Å². The number of hydrogen-bond acceptors (Lipinski definition) is 11. The number of cyclic esters (lactones) is 2. The summed E-state index contributed by atoms with van der Waals surface area (Å²) in [5.41, 5.74) is 6.99. The molecule has 3 aliphatic carbocycles. The van der Waals surface area contributed by atoms with E-state index in [0.29, 0.717) is 30.2 Å². The highest BCUT2D eigenvalue weighted by atomic mass is 19.1. The molecule has 2 unspecified atom stereocenters. The Balaban J connectivity index is 0.000000185. The third kappa shape index (κ3) is 17.7. The van der Waals surface area contributed by atoms with E-state index in [-0.39, 0.29) is 108 Å². The minimum atomic E-state index is -1.13. The first-order valence-corrected chi connectivity index (χ1v) is 31.1. The number of para-hydroxylation sites is 1. The van der Waals surface area contributed by atoms with E-state index in [2.05, 4.69) is 77.3 Å². The molecular formula is C71H93F2NO12. The number of aromatic nitrogens is 1. The Morgan fingerprint density at radius 3 is 2.23 bits per heavy atom. The highest BCUT2D eigenvalue weighted by Crippen LogP contribution is 2.56. The van der Waals surface area contributed by atoms with Gasteiger partial charge in [-0.25, -0.2) is 8.78 Å². The zero-order valence-corrected chi connectivity index (χ0v) is 52.0. The van der Waals surface area contributed by atoms with Crippen LogP contribution in [0.1, 0.15) is 175 Å². The van der Waals surface area contributed by atoms with Crippen molar-refractivity contribution in [1.29, 1.82) is 0 Å². The van der Waals surface area contributed by atoms with Crippen molar-refractivity contribution in [2.45, 2.75) is 207 Å². The first-order chi connectivity index (χ1) is 40.6. The largest absolute Gasteiger partial charge is 0.481 e. The minimum Gasteiger partial charge on any atom is -0.481 e. The van der Waals surface area contributed by atoms with Gasteiger partial charge in [0.05, 0.1) is 49.6 Å². The molecule has 5 N–H and O–H groups in total. The van der Waals surface area contributed by atoms with Crippen LogP contribution in [0.4, 0.5) is 8.78 Å². The summed E-state index contributed by atoms with van der Waals surface area (Å²) in [4.78, 5) is 46.4. The number of ether oxygens (including phenoxy) is 3. The number of aliphatic hydroxyl groups is 4. The zero-order chi connectivity index (χ0) is 62.8. The second-order valence-corrected chi connectivity index (χ2v) is 26.6. The van der Waals surface area contributed by atoms with Gasteiger partial charge in [-0.15, -0.1) is 0 Å². The van der Waals surface area contributed by atoms with E-state index >= 15 is 0 Å². The van der Waals surface area contributed by atoms with E-state index in [0.717, 1.165) is 78.2 Å². The summed E-state index contributed by atoms with van der Waals surface area (Å²) in [6, 6.07) is 19.8. The van der Waals surface area contributed by atoms with Crippen molar-refractivity contribution in [1.82, 2.24) is 4.57 Å². The van der Waals surface area contributed by atoms with Gasteiger partial charge in [0.2, 0.25) is 0 Å². The first-order valence-electron chi connectivity index (χ1n) is 31.1. The number of fused-ring (bicyclic) bond motifs is 2. The van der Waals surface area contributed by atoms with Gasteiger partial charge in [0.15, 0.2) is 0 Å². The predicted molar refractivity (Wildman–Crippen MR) is 330 cm³/mol. The molecule has 1 aromatic heterocycles. The van der Waals surface area contributed by atoms with Crippen molar-refractivity contribution in [2.75, 3.05) is 0 Å². The van der Waals surface area contributed by atoms with Gasteiger partial charge in [0.25, 0.3) is 0 Å². The number of aryl methyl sites for hydroxylation is 1. The number of hydrogen-bond donors (Lipinski definition) is 5. The lowest BCUT2D eigenvalue weighted by molar-refractivity contribution is -0.162. The van der Waals surface area contributed by atoms with E-state index in [1.54, 1.807) is 30.4 Å². The maximum absolute atomic E-state index is 13.8. The van der Waals surface area contributed by atoms with Crippen LogP contribution in [0.15, 0.2) is 109 Å². The number of benzene rings is 3. The van der Waals surface area contributed by atoms with Gasteiger partial charge >= 0.3 is 23.9 Å². The first kappa shape index (κ1) is 67.3. The molecule has 15 heteroatoms. The highest BCUT2D eigenvalue weighted by molar-refractivity contribution is 6.01. The molecule has 0 spiro atoms. The Bertz CT molecular complexity index is 3100. The molecule has 2 saturated heterocycles.